The maximum absolute atomic E-state index is 4.23. The number of hydrogen-bond acceptors (Lipinski definition) is 0. The minimum Gasteiger partial charge on any atom is -0.0988 e. The van der Waals surface area contributed by atoms with Crippen LogP contribution in [0.3, 0.4) is 0 Å². The van der Waals surface area contributed by atoms with Gasteiger partial charge in [-0.3, -0.25) is 0 Å². The molecule has 0 aliphatic heterocycles. The SMILES string of the molecule is C.C.C=C/C(=C\C1CCCC1C)C(C)C(C1=CCC(C)C=C1CC)c1ccc(C)cc1.CC.CC.CCC.CCCC(C)CCC. The molecule has 3 rings (SSSR count). The lowest BCUT2D eigenvalue weighted by molar-refractivity contribution is 0.480. The molecule has 0 N–H and O–H groups in total. The second-order valence-electron chi connectivity index (χ2n) is 12.9. The van der Waals surface area contributed by atoms with E-state index in [1.54, 1.807) is 11.1 Å². The first kappa shape index (κ1) is 51.0. The Kier molecular flexibility index (Phi) is 35.2. The van der Waals surface area contributed by atoms with Crippen LogP contribution in [0.4, 0.5) is 0 Å². The summed E-state index contributed by atoms with van der Waals surface area (Å²) in [6, 6.07) is 9.24. The predicted octanol–water partition coefficient (Wildman–Crippen LogP) is 16.5. The van der Waals surface area contributed by atoms with E-state index in [0.717, 1.165) is 24.7 Å². The van der Waals surface area contributed by atoms with Crippen molar-refractivity contribution in [3.63, 3.8) is 0 Å². The molecule has 1 aromatic carbocycles. The number of hydrogen-bond donors (Lipinski definition) is 0. The van der Waals surface area contributed by atoms with Gasteiger partial charge in [0.25, 0.3) is 0 Å². The van der Waals surface area contributed by atoms with Crippen LogP contribution in [0.15, 0.2) is 71.9 Å². The van der Waals surface area contributed by atoms with Crippen LogP contribution in [0.5, 0.6) is 0 Å². The molecule has 46 heavy (non-hydrogen) atoms. The smallest absolute Gasteiger partial charge is 0.0155 e. The molecule has 1 saturated carbocycles. The molecule has 1 aromatic rings. The van der Waals surface area contributed by atoms with E-state index in [1.165, 1.54) is 68.1 Å². The number of rotatable bonds is 11. The third-order valence-corrected chi connectivity index (χ3v) is 8.88. The van der Waals surface area contributed by atoms with E-state index in [9.17, 15) is 0 Å². The van der Waals surface area contributed by atoms with Gasteiger partial charge in [-0.05, 0) is 78.1 Å². The fourth-order valence-electron chi connectivity index (χ4n) is 6.51. The minimum absolute atomic E-state index is 0. The Balaban J connectivity index is -0.000000441. The molecule has 0 aromatic heterocycles. The Morgan fingerprint density at radius 3 is 1.80 bits per heavy atom. The van der Waals surface area contributed by atoms with Crippen molar-refractivity contribution in [1.82, 2.24) is 0 Å². The van der Waals surface area contributed by atoms with Gasteiger partial charge in [-0.15, -0.1) is 0 Å². The van der Waals surface area contributed by atoms with E-state index in [-0.39, 0.29) is 14.9 Å². The molecule has 1 fully saturated rings. The Labute approximate surface area is 293 Å². The van der Waals surface area contributed by atoms with E-state index in [4.69, 9.17) is 0 Å². The minimum atomic E-state index is 0. The Hall–Kier alpha value is -1.82. The van der Waals surface area contributed by atoms with Crippen molar-refractivity contribution in [2.45, 2.75) is 182 Å². The molecule has 0 heterocycles. The van der Waals surface area contributed by atoms with Gasteiger partial charge in [0.15, 0.2) is 0 Å². The second-order valence-corrected chi connectivity index (χ2v) is 12.9. The lowest BCUT2D eigenvalue weighted by Crippen LogP contribution is -2.18. The van der Waals surface area contributed by atoms with Crippen molar-refractivity contribution >= 4 is 0 Å². The molecule has 2 aliphatic rings. The summed E-state index contributed by atoms with van der Waals surface area (Å²) in [7, 11) is 0. The van der Waals surface area contributed by atoms with Crippen molar-refractivity contribution in [2.75, 3.05) is 0 Å². The van der Waals surface area contributed by atoms with Crippen LogP contribution in [-0.4, -0.2) is 0 Å². The van der Waals surface area contributed by atoms with Gasteiger partial charge in [0, 0.05) is 5.92 Å². The Bertz CT molecular complexity index is 902. The fourth-order valence-corrected chi connectivity index (χ4v) is 6.51. The zero-order valence-electron chi connectivity index (χ0n) is 32.4. The highest BCUT2D eigenvalue weighted by atomic mass is 14.3. The summed E-state index contributed by atoms with van der Waals surface area (Å²) in [5.41, 5.74) is 7.30. The highest BCUT2D eigenvalue weighted by molar-refractivity contribution is 5.46. The molecule has 270 valence electrons. The van der Waals surface area contributed by atoms with Crippen LogP contribution in [0, 0.1) is 36.5 Å². The normalized spacial score (nSPS) is 19.6. The maximum Gasteiger partial charge on any atom is 0.0155 e. The van der Waals surface area contributed by atoms with Crippen molar-refractivity contribution in [3.8, 4) is 0 Å². The first-order chi connectivity index (χ1) is 21.2. The quantitative estimate of drug-likeness (QED) is 0.212. The average Bonchev–Trinajstić information content (AvgIpc) is 3.44. The summed E-state index contributed by atoms with van der Waals surface area (Å²) in [5, 5.41) is 0. The molecule has 0 nitrogen and oxygen atoms in total. The highest BCUT2D eigenvalue weighted by Crippen LogP contribution is 2.44. The largest absolute Gasteiger partial charge is 0.0988 e. The van der Waals surface area contributed by atoms with Gasteiger partial charge in [-0.2, -0.15) is 0 Å². The van der Waals surface area contributed by atoms with Gasteiger partial charge in [0.2, 0.25) is 0 Å². The number of benzene rings is 1. The summed E-state index contributed by atoms with van der Waals surface area (Å²) in [5.74, 6) is 3.95. The maximum atomic E-state index is 4.23. The molecule has 0 bridgehead atoms. The standard InChI is InChI=1S/C29H40.C8H18.C3H8.2C2H6.2CH4/c1-7-24(19-27-11-9-10-22(27)5)23(6)29(26-15-12-20(3)13-16-26)28-17-14-21(4)18-25(28)8-2;1-4-6-8(3)7-5-2;1-3-2;2*1-2;;/h7,12-13,15-19,21-23,27,29H,1,8-11,14H2,2-6H3;8H,4-7H2,1-3H3;3H2,1-2H3;2*1-2H3;2*1H4/b24-19+;;;;;;. The Morgan fingerprint density at radius 2 is 1.39 bits per heavy atom. The summed E-state index contributed by atoms with van der Waals surface area (Å²) in [6.07, 6.45) is 22.9. The van der Waals surface area contributed by atoms with Crippen molar-refractivity contribution in [1.29, 1.82) is 0 Å². The van der Waals surface area contributed by atoms with Gasteiger partial charge in [-0.1, -0.05) is 211 Å². The van der Waals surface area contributed by atoms with Crippen molar-refractivity contribution in [3.05, 3.63) is 83.0 Å². The third kappa shape index (κ3) is 19.1. The molecular weight excluding hydrogens is 553 g/mol. The summed E-state index contributed by atoms with van der Waals surface area (Å²) in [4.78, 5) is 0. The lowest BCUT2D eigenvalue weighted by Gasteiger charge is -2.33. The Morgan fingerprint density at radius 1 is 0.870 bits per heavy atom. The van der Waals surface area contributed by atoms with Crippen molar-refractivity contribution in [2.24, 2.45) is 29.6 Å². The van der Waals surface area contributed by atoms with E-state index in [0.29, 0.717) is 23.7 Å². The zero-order chi connectivity index (χ0) is 34.1. The summed E-state index contributed by atoms with van der Waals surface area (Å²) < 4.78 is 0. The van der Waals surface area contributed by atoms with E-state index < -0.39 is 0 Å². The summed E-state index contributed by atoms with van der Waals surface area (Å²) >= 11 is 0. The van der Waals surface area contributed by atoms with Crippen LogP contribution in [-0.2, 0) is 0 Å². The molecule has 2 aliphatic carbocycles. The third-order valence-electron chi connectivity index (χ3n) is 8.88. The summed E-state index contributed by atoms with van der Waals surface area (Å²) in [6.45, 7) is 35.0. The predicted molar refractivity (Wildman–Crippen MR) is 219 cm³/mol. The molecule has 0 spiro atoms. The van der Waals surface area contributed by atoms with Gasteiger partial charge in [0.05, 0.1) is 0 Å². The molecular formula is C46H86. The lowest BCUT2D eigenvalue weighted by atomic mass is 9.72. The van der Waals surface area contributed by atoms with Crippen LogP contribution < -0.4 is 0 Å². The van der Waals surface area contributed by atoms with Crippen LogP contribution in [0.25, 0.3) is 0 Å². The molecule has 0 amide bonds. The van der Waals surface area contributed by atoms with Gasteiger partial charge in [0.1, 0.15) is 0 Å². The van der Waals surface area contributed by atoms with Crippen molar-refractivity contribution < 1.29 is 0 Å². The topological polar surface area (TPSA) is 0 Å². The number of aryl methyl sites for hydroxylation is 1. The van der Waals surface area contributed by atoms with Gasteiger partial charge >= 0.3 is 0 Å². The van der Waals surface area contributed by atoms with Crippen LogP contribution in [0.2, 0.25) is 0 Å². The molecule has 5 unspecified atom stereocenters. The van der Waals surface area contributed by atoms with E-state index >= 15 is 0 Å². The molecule has 5 atom stereocenters. The van der Waals surface area contributed by atoms with Gasteiger partial charge in [-0.25, -0.2) is 0 Å². The molecule has 0 radical (unpaired) electrons. The molecule has 0 saturated heterocycles. The van der Waals surface area contributed by atoms with Gasteiger partial charge < -0.3 is 0 Å². The number of allylic oxidation sites excluding steroid dienone is 7. The van der Waals surface area contributed by atoms with Crippen LogP contribution >= 0.6 is 0 Å². The molecule has 0 heteroatoms. The first-order valence-electron chi connectivity index (χ1n) is 19.0. The highest BCUT2D eigenvalue weighted by Gasteiger charge is 2.30. The average molecular weight is 639 g/mol. The second kappa shape index (κ2) is 31.8. The van der Waals surface area contributed by atoms with E-state index in [1.807, 2.05) is 27.7 Å². The van der Waals surface area contributed by atoms with Crippen LogP contribution in [0.1, 0.15) is 186 Å². The first-order valence-corrected chi connectivity index (χ1v) is 19.0. The monoisotopic (exact) mass is 639 g/mol. The van der Waals surface area contributed by atoms with E-state index in [2.05, 4.69) is 124 Å². The fraction of sp³-hybridized carbons (Fsp3) is 0.696. The zero-order valence-corrected chi connectivity index (χ0v) is 32.4.